The van der Waals surface area contributed by atoms with Crippen LogP contribution in [0.25, 0.3) is 0 Å². The van der Waals surface area contributed by atoms with E-state index in [1.165, 1.54) is 6.20 Å². The SMILES string of the molecule is CC1(C)CCC(NC(=O)c2ccc(NN)nc2)C1. The van der Waals surface area contributed by atoms with E-state index in [2.05, 4.69) is 29.6 Å². The van der Waals surface area contributed by atoms with Crippen LogP contribution in [-0.4, -0.2) is 16.9 Å². The van der Waals surface area contributed by atoms with E-state index in [-0.39, 0.29) is 11.9 Å². The minimum atomic E-state index is -0.0613. The van der Waals surface area contributed by atoms with Crippen LogP contribution in [-0.2, 0) is 0 Å². The zero-order valence-corrected chi connectivity index (χ0v) is 10.9. The van der Waals surface area contributed by atoms with Crippen LogP contribution in [0, 0.1) is 5.41 Å². The maximum absolute atomic E-state index is 12.0. The molecule has 18 heavy (non-hydrogen) atoms. The summed E-state index contributed by atoms with van der Waals surface area (Å²) in [5, 5.41) is 3.06. The predicted octanol–water partition coefficient (Wildman–Crippen LogP) is 1.68. The number of anilines is 1. The lowest BCUT2D eigenvalue weighted by Crippen LogP contribution is -2.33. The molecular formula is C13H20N4O. The average Bonchev–Trinajstić information content (AvgIpc) is 2.68. The summed E-state index contributed by atoms with van der Waals surface area (Å²) in [5.41, 5.74) is 3.34. The molecule has 1 amide bonds. The molecule has 0 spiro atoms. The Bertz CT molecular complexity index is 427. The monoisotopic (exact) mass is 248 g/mol. The smallest absolute Gasteiger partial charge is 0.253 e. The lowest BCUT2D eigenvalue weighted by atomic mass is 9.92. The first kappa shape index (κ1) is 12.8. The first-order chi connectivity index (χ1) is 8.50. The maximum atomic E-state index is 12.0. The standard InChI is InChI=1S/C13H20N4O/c1-13(2)6-5-10(7-13)16-12(18)9-3-4-11(17-14)15-8-9/h3-4,8,10H,5-7,14H2,1-2H3,(H,15,17)(H,16,18). The molecule has 4 N–H and O–H groups in total. The highest BCUT2D eigenvalue weighted by Gasteiger charge is 2.31. The number of rotatable bonds is 3. The Balaban J connectivity index is 1.95. The van der Waals surface area contributed by atoms with Gasteiger partial charge in [0.2, 0.25) is 0 Å². The van der Waals surface area contributed by atoms with Crippen molar-refractivity contribution in [2.24, 2.45) is 11.3 Å². The molecule has 1 fully saturated rings. The number of hydrogen-bond acceptors (Lipinski definition) is 4. The molecule has 0 radical (unpaired) electrons. The molecular weight excluding hydrogens is 228 g/mol. The van der Waals surface area contributed by atoms with Crippen LogP contribution in [0.3, 0.4) is 0 Å². The van der Waals surface area contributed by atoms with E-state index < -0.39 is 0 Å². The van der Waals surface area contributed by atoms with Crippen LogP contribution in [0.5, 0.6) is 0 Å². The van der Waals surface area contributed by atoms with Gasteiger partial charge in [-0.15, -0.1) is 0 Å². The van der Waals surface area contributed by atoms with Gasteiger partial charge in [-0.05, 0) is 36.8 Å². The molecule has 0 aliphatic heterocycles. The molecule has 0 bridgehead atoms. The summed E-state index contributed by atoms with van der Waals surface area (Å²) in [5.74, 6) is 5.71. The fraction of sp³-hybridized carbons (Fsp3) is 0.538. The number of amides is 1. The first-order valence-corrected chi connectivity index (χ1v) is 6.24. The molecule has 1 atom stereocenters. The van der Waals surface area contributed by atoms with Crippen molar-refractivity contribution < 1.29 is 4.79 Å². The van der Waals surface area contributed by atoms with E-state index in [1.807, 2.05) is 0 Å². The van der Waals surface area contributed by atoms with Crippen LogP contribution < -0.4 is 16.6 Å². The second kappa shape index (κ2) is 4.94. The molecule has 5 heteroatoms. The second-order valence-corrected chi connectivity index (χ2v) is 5.65. The van der Waals surface area contributed by atoms with Gasteiger partial charge in [0.05, 0.1) is 5.56 Å². The molecule has 1 aliphatic carbocycles. The summed E-state index contributed by atoms with van der Waals surface area (Å²) in [6.07, 6.45) is 4.78. The third-order valence-electron chi connectivity index (χ3n) is 3.48. The fourth-order valence-electron chi connectivity index (χ4n) is 2.44. The van der Waals surface area contributed by atoms with Gasteiger partial charge in [-0.2, -0.15) is 0 Å². The minimum absolute atomic E-state index is 0.0613. The van der Waals surface area contributed by atoms with Gasteiger partial charge in [0, 0.05) is 12.2 Å². The average molecular weight is 248 g/mol. The van der Waals surface area contributed by atoms with Crippen molar-refractivity contribution >= 4 is 11.7 Å². The Morgan fingerprint density at radius 3 is 2.78 bits per heavy atom. The Kier molecular flexibility index (Phi) is 3.52. The number of nitrogen functional groups attached to an aromatic ring is 1. The summed E-state index contributed by atoms with van der Waals surface area (Å²) in [4.78, 5) is 16.0. The van der Waals surface area contributed by atoms with Crippen molar-refractivity contribution in [2.45, 2.75) is 39.2 Å². The zero-order valence-electron chi connectivity index (χ0n) is 10.9. The highest BCUT2D eigenvalue weighted by Crippen LogP contribution is 2.36. The largest absolute Gasteiger partial charge is 0.349 e. The van der Waals surface area contributed by atoms with Crippen molar-refractivity contribution in [3.63, 3.8) is 0 Å². The van der Waals surface area contributed by atoms with Crippen LogP contribution in [0.2, 0.25) is 0 Å². The molecule has 1 aromatic heterocycles. The van der Waals surface area contributed by atoms with Gasteiger partial charge in [-0.3, -0.25) is 4.79 Å². The van der Waals surface area contributed by atoms with Crippen molar-refractivity contribution in [1.82, 2.24) is 10.3 Å². The fourth-order valence-corrected chi connectivity index (χ4v) is 2.44. The normalized spacial score (nSPS) is 21.6. The van der Waals surface area contributed by atoms with Crippen LogP contribution in [0.15, 0.2) is 18.3 Å². The lowest BCUT2D eigenvalue weighted by Gasteiger charge is -2.17. The third kappa shape index (κ3) is 2.98. The molecule has 0 aromatic carbocycles. The second-order valence-electron chi connectivity index (χ2n) is 5.65. The Morgan fingerprint density at radius 1 is 1.50 bits per heavy atom. The Labute approximate surface area is 107 Å². The molecule has 1 saturated carbocycles. The van der Waals surface area contributed by atoms with E-state index in [0.717, 1.165) is 19.3 Å². The number of carbonyl (C=O) groups excluding carboxylic acids is 1. The Morgan fingerprint density at radius 2 is 2.28 bits per heavy atom. The molecule has 1 unspecified atom stereocenters. The van der Waals surface area contributed by atoms with Gasteiger partial charge in [0.1, 0.15) is 5.82 Å². The Hall–Kier alpha value is -1.62. The van der Waals surface area contributed by atoms with Crippen molar-refractivity contribution in [3.05, 3.63) is 23.9 Å². The van der Waals surface area contributed by atoms with E-state index in [1.54, 1.807) is 12.1 Å². The van der Waals surface area contributed by atoms with Crippen molar-refractivity contribution in [2.75, 3.05) is 5.43 Å². The van der Waals surface area contributed by atoms with Gasteiger partial charge in [-0.25, -0.2) is 10.8 Å². The number of nitrogens with one attached hydrogen (secondary N) is 2. The van der Waals surface area contributed by atoms with Gasteiger partial charge in [0.25, 0.3) is 5.91 Å². The van der Waals surface area contributed by atoms with E-state index in [4.69, 9.17) is 5.84 Å². The van der Waals surface area contributed by atoms with Gasteiger partial charge in [-0.1, -0.05) is 13.8 Å². The summed E-state index contributed by atoms with van der Waals surface area (Å²) in [6, 6.07) is 3.69. The van der Waals surface area contributed by atoms with Crippen LogP contribution >= 0.6 is 0 Å². The number of nitrogens with zero attached hydrogens (tertiary/aromatic N) is 1. The topological polar surface area (TPSA) is 80.0 Å². The van der Waals surface area contributed by atoms with Gasteiger partial charge in [0.15, 0.2) is 0 Å². The first-order valence-electron chi connectivity index (χ1n) is 6.24. The number of hydrazine groups is 1. The molecule has 1 aliphatic rings. The van der Waals surface area contributed by atoms with Gasteiger partial charge >= 0.3 is 0 Å². The van der Waals surface area contributed by atoms with Gasteiger partial charge < -0.3 is 10.7 Å². The quantitative estimate of drug-likeness (QED) is 0.561. The number of nitrogens with two attached hydrogens (primary N) is 1. The number of aromatic nitrogens is 1. The zero-order chi connectivity index (χ0) is 13.2. The summed E-state index contributed by atoms with van der Waals surface area (Å²) in [6.45, 7) is 4.48. The lowest BCUT2D eigenvalue weighted by molar-refractivity contribution is 0.0935. The molecule has 98 valence electrons. The number of pyridine rings is 1. The van der Waals surface area contributed by atoms with Crippen molar-refractivity contribution in [3.8, 4) is 0 Å². The third-order valence-corrected chi connectivity index (χ3v) is 3.48. The summed E-state index contributed by atoms with van der Waals surface area (Å²) >= 11 is 0. The predicted molar refractivity (Wildman–Crippen MR) is 70.9 cm³/mol. The molecule has 1 aromatic rings. The summed E-state index contributed by atoms with van der Waals surface area (Å²) in [7, 11) is 0. The van der Waals surface area contributed by atoms with Crippen molar-refractivity contribution in [1.29, 1.82) is 0 Å². The highest BCUT2D eigenvalue weighted by molar-refractivity contribution is 5.94. The maximum Gasteiger partial charge on any atom is 0.253 e. The van der Waals surface area contributed by atoms with E-state index in [9.17, 15) is 4.79 Å². The number of hydrogen-bond donors (Lipinski definition) is 3. The van der Waals surface area contributed by atoms with E-state index in [0.29, 0.717) is 16.8 Å². The van der Waals surface area contributed by atoms with Crippen LogP contribution in [0.4, 0.5) is 5.82 Å². The molecule has 1 heterocycles. The summed E-state index contributed by atoms with van der Waals surface area (Å²) < 4.78 is 0. The van der Waals surface area contributed by atoms with E-state index >= 15 is 0 Å². The minimum Gasteiger partial charge on any atom is -0.349 e. The molecule has 0 saturated heterocycles. The molecule has 5 nitrogen and oxygen atoms in total. The highest BCUT2D eigenvalue weighted by atomic mass is 16.1. The van der Waals surface area contributed by atoms with Crippen LogP contribution in [0.1, 0.15) is 43.5 Å². The number of carbonyl (C=O) groups is 1. The molecule has 2 rings (SSSR count).